The lowest BCUT2D eigenvalue weighted by molar-refractivity contribution is -0.142. The van der Waals surface area contributed by atoms with Gasteiger partial charge in [-0.15, -0.1) is 0 Å². The number of hydrogen-bond acceptors (Lipinski definition) is 4. The van der Waals surface area contributed by atoms with E-state index >= 15 is 0 Å². The van der Waals surface area contributed by atoms with Gasteiger partial charge in [-0.1, -0.05) is 48.0 Å². The molecule has 0 radical (unpaired) electrons. The van der Waals surface area contributed by atoms with E-state index in [1.807, 2.05) is 62.4 Å². The van der Waals surface area contributed by atoms with Crippen LogP contribution in [0.5, 0.6) is 5.75 Å². The fourth-order valence-corrected chi connectivity index (χ4v) is 2.28. The van der Waals surface area contributed by atoms with Gasteiger partial charge in [0.1, 0.15) is 12.4 Å². The second kappa shape index (κ2) is 10.2. The molecule has 26 heavy (non-hydrogen) atoms. The monoisotopic (exact) mass is 352 g/mol. The molecule has 2 aromatic rings. The average Bonchev–Trinajstić information content (AvgIpc) is 2.63. The zero-order valence-corrected chi connectivity index (χ0v) is 15.2. The van der Waals surface area contributed by atoms with Crippen LogP contribution in [0, 0.1) is 0 Å². The predicted octanol–water partition coefficient (Wildman–Crippen LogP) is 4.94. The maximum Gasteiger partial charge on any atom is 0.311 e. The molecule has 0 aliphatic rings. The normalized spacial score (nSPS) is 10.1. The Balaban J connectivity index is 1.72. The van der Waals surface area contributed by atoms with Gasteiger partial charge in [0.05, 0.1) is 0 Å². The molecule has 0 heterocycles. The highest BCUT2D eigenvalue weighted by Crippen LogP contribution is 2.22. The van der Waals surface area contributed by atoms with Crippen molar-refractivity contribution in [3.63, 3.8) is 0 Å². The average molecular weight is 352 g/mol. The third-order valence-corrected chi connectivity index (χ3v) is 3.69. The molecule has 0 bridgehead atoms. The Morgan fingerprint density at radius 1 is 0.846 bits per heavy atom. The lowest BCUT2D eigenvalue weighted by atomic mass is 10.1. The predicted molar refractivity (Wildman–Crippen MR) is 102 cm³/mol. The minimum Gasteiger partial charge on any atom is -0.461 e. The Bertz CT molecular complexity index is 741. The van der Waals surface area contributed by atoms with Crippen LogP contribution in [-0.4, -0.2) is 18.5 Å². The molecular formula is C22H24O4. The van der Waals surface area contributed by atoms with Crippen molar-refractivity contribution in [3.05, 3.63) is 66.2 Å². The van der Waals surface area contributed by atoms with Crippen molar-refractivity contribution in [2.45, 2.75) is 33.1 Å². The number of ether oxygens (including phenoxy) is 2. The number of benzene rings is 2. The van der Waals surface area contributed by atoms with Gasteiger partial charge in [-0.2, -0.15) is 0 Å². The summed E-state index contributed by atoms with van der Waals surface area (Å²) in [5, 5.41) is 0. The Labute approximate surface area is 154 Å². The van der Waals surface area contributed by atoms with Crippen LogP contribution in [0.1, 0.15) is 33.1 Å². The SMILES string of the molecule is CC(C)=CCOC(=O)CCCC(=O)Oc1ccc(-c2ccccc2)cc1. The molecule has 0 aliphatic carbocycles. The maximum absolute atomic E-state index is 11.9. The molecule has 136 valence electrons. The summed E-state index contributed by atoms with van der Waals surface area (Å²) in [6, 6.07) is 17.4. The standard InChI is InChI=1S/C22H24O4/c1-17(2)15-16-25-21(23)9-6-10-22(24)26-20-13-11-19(12-14-20)18-7-4-3-5-8-18/h3-5,7-8,11-15H,6,9-10,16H2,1-2H3. The van der Waals surface area contributed by atoms with Crippen molar-refractivity contribution >= 4 is 11.9 Å². The van der Waals surface area contributed by atoms with Gasteiger partial charge in [-0.3, -0.25) is 9.59 Å². The summed E-state index contributed by atoms with van der Waals surface area (Å²) < 4.78 is 10.3. The summed E-state index contributed by atoms with van der Waals surface area (Å²) in [5.41, 5.74) is 3.26. The second-order valence-corrected chi connectivity index (χ2v) is 6.18. The summed E-state index contributed by atoms with van der Waals surface area (Å²) in [5.74, 6) is -0.155. The number of esters is 2. The van der Waals surface area contributed by atoms with Gasteiger partial charge in [-0.25, -0.2) is 0 Å². The number of carbonyl (C=O) groups is 2. The van der Waals surface area contributed by atoms with Crippen LogP contribution in [0.2, 0.25) is 0 Å². The third-order valence-electron chi connectivity index (χ3n) is 3.69. The van der Waals surface area contributed by atoms with Crippen LogP contribution in [0.3, 0.4) is 0 Å². The smallest absolute Gasteiger partial charge is 0.311 e. The van der Waals surface area contributed by atoms with Crippen molar-refractivity contribution in [1.29, 1.82) is 0 Å². The van der Waals surface area contributed by atoms with Gasteiger partial charge in [0, 0.05) is 12.8 Å². The highest BCUT2D eigenvalue weighted by molar-refractivity contribution is 5.74. The molecule has 0 aliphatic heterocycles. The van der Waals surface area contributed by atoms with Gasteiger partial charge < -0.3 is 9.47 Å². The zero-order valence-electron chi connectivity index (χ0n) is 15.2. The molecule has 4 heteroatoms. The first-order valence-electron chi connectivity index (χ1n) is 8.70. The highest BCUT2D eigenvalue weighted by Gasteiger charge is 2.08. The van der Waals surface area contributed by atoms with E-state index in [-0.39, 0.29) is 31.4 Å². The van der Waals surface area contributed by atoms with E-state index in [2.05, 4.69) is 0 Å². The molecule has 0 saturated carbocycles. The Morgan fingerprint density at radius 2 is 1.46 bits per heavy atom. The van der Waals surface area contributed by atoms with E-state index in [0.717, 1.165) is 16.7 Å². The molecule has 0 atom stereocenters. The minimum absolute atomic E-state index is 0.179. The van der Waals surface area contributed by atoms with Crippen molar-refractivity contribution in [2.75, 3.05) is 6.61 Å². The summed E-state index contributed by atoms with van der Waals surface area (Å²) in [4.78, 5) is 23.4. The molecule has 2 rings (SSSR count). The van der Waals surface area contributed by atoms with Crippen LogP contribution < -0.4 is 4.74 Å². The van der Waals surface area contributed by atoms with Crippen LogP contribution >= 0.6 is 0 Å². The topological polar surface area (TPSA) is 52.6 Å². The first-order chi connectivity index (χ1) is 12.5. The van der Waals surface area contributed by atoms with E-state index in [4.69, 9.17) is 9.47 Å². The Kier molecular flexibility index (Phi) is 7.62. The maximum atomic E-state index is 11.9. The lowest BCUT2D eigenvalue weighted by Gasteiger charge is -2.06. The minimum atomic E-state index is -0.352. The van der Waals surface area contributed by atoms with Crippen LogP contribution in [0.4, 0.5) is 0 Å². The first kappa shape index (κ1) is 19.4. The van der Waals surface area contributed by atoms with E-state index in [1.54, 1.807) is 12.1 Å². The van der Waals surface area contributed by atoms with Crippen molar-refractivity contribution in [2.24, 2.45) is 0 Å². The second-order valence-electron chi connectivity index (χ2n) is 6.18. The number of hydrogen-bond donors (Lipinski definition) is 0. The molecule has 0 fully saturated rings. The third kappa shape index (κ3) is 6.93. The molecule has 2 aromatic carbocycles. The van der Waals surface area contributed by atoms with E-state index < -0.39 is 0 Å². The van der Waals surface area contributed by atoms with Crippen molar-refractivity contribution in [1.82, 2.24) is 0 Å². The largest absolute Gasteiger partial charge is 0.461 e. The fraction of sp³-hybridized carbons (Fsp3) is 0.273. The molecule has 0 saturated heterocycles. The van der Waals surface area contributed by atoms with Crippen LogP contribution in [-0.2, 0) is 14.3 Å². The fourth-order valence-electron chi connectivity index (χ4n) is 2.28. The molecule has 0 N–H and O–H groups in total. The summed E-state index contributed by atoms with van der Waals surface area (Å²) in [7, 11) is 0. The summed E-state index contributed by atoms with van der Waals surface area (Å²) in [6.07, 6.45) is 2.64. The zero-order chi connectivity index (χ0) is 18.8. The molecule has 0 aromatic heterocycles. The number of rotatable bonds is 8. The summed E-state index contributed by atoms with van der Waals surface area (Å²) in [6.45, 7) is 4.16. The van der Waals surface area contributed by atoms with Crippen LogP contribution in [0.25, 0.3) is 11.1 Å². The Hall–Kier alpha value is -2.88. The van der Waals surface area contributed by atoms with Gasteiger partial charge >= 0.3 is 11.9 Å². The van der Waals surface area contributed by atoms with Gasteiger partial charge in [-0.05, 0) is 49.6 Å². The molecule has 4 nitrogen and oxygen atoms in total. The summed E-state index contributed by atoms with van der Waals surface area (Å²) >= 11 is 0. The van der Waals surface area contributed by atoms with E-state index in [0.29, 0.717) is 12.2 Å². The van der Waals surface area contributed by atoms with Crippen molar-refractivity contribution in [3.8, 4) is 16.9 Å². The lowest BCUT2D eigenvalue weighted by Crippen LogP contribution is -2.10. The molecule has 0 unspecified atom stereocenters. The highest BCUT2D eigenvalue weighted by atomic mass is 16.5. The van der Waals surface area contributed by atoms with Crippen molar-refractivity contribution < 1.29 is 19.1 Å². The van der Waals surface area contributed by atoms with Gasteiger partial charge in [0.15, 0.2) is 0 Å². The Morgan fingerprint density at radius 3 is 2.12 bits per heavy atom. The number of carbonyl (C=O) groups excluding carboxylic acids is 2. The van der Waals surface area contributed by atoms with Gasteiger partial charge in [0.25, 0.3) is 0 Å². The molecular weight excluding hydrogens is 328 g/mol. The number of allylic oxidation sites excluding steroid dienone is 1. The quantitative estimate of drug-likeness (QED) is 0.384. The van der Waals surface area contributed by atoms with Gasteiger partial charge in [0.2, 0.25) is 0 Å². The van der Waals surface area contributed by atoms with E-state index in [9.17, 15) is 9.59 Å². The molecule has 0 amide bonds. The first-order valence-corrected chi connectivity index (χ1v) is 8.70. The van der Waals surface area contributed by atoms with E-state index in [1.165, 1.54) is 0 Å². The molecule has 0 spiro atoms. The van der Waals surface area contributed by atoms with Crippen LogP contribution in [0.15, 0.2) is 66.2 Å².